The van der Waals surface area contributed by atoms with Crippen LogP contribution in [0.3, 0.4) is 0 Å². The fourth-order valence-electron chi connectivity index (χ4n) is 2.30. The average Bonchev–Trinajstić information content (AvgIpc) is 2.37. The lowest BCUT2D eigenvalue weighted by atomic mass is 10.3. The van der Waals surface area contributed by atoms with Crippen molar-refractivity contribution in [2.45, 2.75) is 31.0 Å². The zero-order chi connectivity index (χ0) is 14.0. The Kier molecular flexibility index (Phi) is 4.13. The lowest BCUT2D eigenvalue weighted by Gasteiger charge is -2.34. The number of sulfonamides is 1. The van der Waals surface area contributed by atoms with Gasteiger partial charge in [0, 0.05) is 13.1 Å². The molecule has 5 nitrogen and oxygen atoms in total. The van der Waals surface area contributed by atoms with Crippen LogP contribution in [0.5, 0.6) is 5.75 Å². The molecule has 0 amide bonds. The molecule has 1 aromatic carbocycles. The van der Waals surface area contributed by atoms with Crippen molar-refractivity contribution in [3.8, 4) is 5.75 Å². The highest BCUT2D eigenvalue weighted by Gasteiger charge is 2.33. The van der Waals surface area contributed by atoms with Crippen LogP contribution < -0.4 is 4.74 Å². The predicted octanol–water partition coefficient (Wildman–Crippen LogP) is 1.49. The molecule has 0 saturated carbocycles. The molecule has 0 bridgehead atoms. The monoisotopic (exact) mass is 285 g/mol. The smallest absolute Gasteiger partial charge is 0.246 e. The molecule has 0 radical (unpaired) electrons. The lowest BCUT2D eigenvalue weighted by molar-refractivity contribution is -0.0441. The van der Waals surface area contributed by atoms with Gasteiger partial charge in [-0.2, -0.15) is 4.31 Å². The van der Waals surface area contributed by atoms with Crippen LogP contribution >= 0.6 is 0 Å². The van der Waals surface area contributed by atoms with Crippen LogP contribution in [-0.2, 0) is 14.8 Å². The molecule has 2 unspecified atom stereocenters. The van der Waals surface area contributed by atoms with Crippen molar-refractivity contribution >= 4 is 10.0 Å². The van der Waals surface area contributed by atoms with Gasteiger partial charge in [-0.15, -0.1) is 0 Å². The molecule has 106 valence electrons. The maximum absolute atomic E-state index is 12.6. The predicted molar refractivity (Wildman–Crippen MR) is 71.8 cm³/mol. The third-order valence-corrected chi connectivity index (χ3v) is 4.94. The van der Waals surface area contributed by atoms with E-state index in [2.05, 4.69) is 0 Å². The molecule has 0 spiro atoms. The fourth-order valence-corrected chi connectivity index (χ4v) is 4.04. The number of nitrogens with zero attached hydrogens (tertiary/aromatic N) is 1. The van der Waals surface area contributed by atoms with Crippen molar-refractivity contribution in [1.29, 1.82) is 0 Å². The fraction of sp³-hybridized carbons (Fsp3) is 0.538. The lowest BCUT2D eigenvalue weighted by Crippen LogP contribution is -2.48. The maximum Gasteiger partial charge on any atom is 0.246 e. The Bertz CT molecular complexity index is 533. The van der Waals surface area contributed by atoms with Crippen LogP contribution in [0, 0.1) is 0 Å². The minimum absolute atomic E-state index is 0.103. The molecule has 0 aliphatic carbocycles. The molecule has 1 aliphatic rings. The Hall–Kier alpha value is -1.11. The largest absolute Gasteiger partial charge is 0.495 e. The van der Waals surface area contributed by atoms with Crippen LogP contribution in [-0.4, -0.2) is 45.1 Å². The van der Waals surface area contributed by atoms with Crippen LogP contribution in [0.25, 0.3) is 0 Å². The average molecular weight is 285 g/mol. The molecule has 0 aromatic heterocycles. The molecule has 0 N–H and O–H groups in total. The first-order valence-electron chi connectivity index (χ1n) is 6.23. The number of hydrogen-bond donors (Lipinski definition) is 0. The highest BCUT2D eigenvalue weighted by atomic mass is 32.2. The quantitative estimate of drug-likeness (QED) is 0.844. The summed E-state index contributed by atoms with van der Waals surface area (Å²) < 4.78 is 37.5. The van der Waals surface area contributed by atoms with Gasteiger partial charge in [-0.3, -0.25) is 0 Å². The van der Waals surface area contributed by atoms with Gasteiger partial charge >= 0.3 is 0 Å². The third kappa shape index (κ3) is 2.91. The van der Waals surface area contributed by atoms with Gasteiger partial charge in [0.1, 0.15) is 10.6 Å². The minimum Gasteiger partial charge on any atom is -0.495 e. The summed E-state index contributed by atoms with van der Waals surface area (Å²) in [6.07, 6.45) is -0.207. The van der Waals surface area contributed by atoms with Crippen LogP contribution in [0.4, 0.5) is 0 Å². The molecule has 1 fully saturated rings. The zero-order valence-corrected chi connectivity index (χ0v) is 12.2. The number of ether oxygens (including phenoxy) is 2. The first kappa shape index (κ1) is 14.3. The van der Waals surface area contributed by atoms with Crippen molar-refractivity contribution in [2.75, 3.05) is 20.2 Å². The van der Waals surface area contributed by atoms with E-state index in [-0.39, 0.29) is 17.1 Å². The summed E-state index contributed by atoms with van der Waals surface area (Å²) in [4.78, 5) is 0.207. The second-order valence-corrected chi connectivity index (χ2v) is 6.64. The van der Waals surface area contributed by atoms with Gasteiger partial charge in [-0.1, -0.05) is 12.1 Å². The molecule has 2 atom stereocenters. The summed E-state index contributed by atoms with van der Waals surface area (Å²) in [6, 6.07) is 6.67. The number of benzene rings is 1. The Labute approximate surface area is 114 Å². The number of morpholine rings is 1. The second kappa shape index (κ2) is 5.48. The highest BCUT2D eigenvalue weighted by molar-refractivity contribution is 7.89. The van der Waals surface area contributed by atoms with Crippen molar-refractivity contribution in [3.05, 3.63) is 24.3 Å². The van der Waals surface area contributed by atoms with E-state index < -0.39 is 10.0 Å². The van der Waals surface area contributed by atoms with E-state index >= 15 is 0 Å². The number of rotatable bonds is 3. The Morgan fingerprint density at radius 1 is 1.21 bits per heavy atom. The van der Waals surface area contributed by atoms with Crippen molar-refractivity contribution < 1.29 is 17.9 Å². The Balaban J connectivity index is 2.36. The summed E-state index contributed by atoms with van der Waals surface area (Å²) in [5.74, 6) is 0.370. The second-order valence-electron chi connectivity index (χ2n) is 4.73. The van der Waals surface area contributed by atoms with Crippen molar-refractivity contribution in [1.82, 2.24) is 4.31 Å². The molecule has 6 heteroatoms. The van der Waals surface area contributed by atoms with Gasteiger partial charge in [0.2, 0.25) is 10.0 Å². The van der Waals surface area contributed by atoms with Crippen LogP contribution in [0.2, 0.25) is 0 Å². The molecule has 1 aromatic rings. The van der Waals surface area contributed by atoms with E-state index in [1.165, 1.54) is 11.4 Å². The first-order valence-corrected chi connectivity index (χ1v) is 7.67. The number of methoxy groups -OCH3 is 1. The standard InChI is InChI=1S/C13H19NO4S/c1-10-8-14(9-11(2)18-10)19(15,16)13-7-5-4-6-12(13)17-3/h4-7,10-11H,8-9H2,1-3H3. The molecular weight excluding hydrogens is 266 g/mol. The van der Waals surface area contributed by atoms with Crippen molar-refractivity contribution in [3.63, 3.8) is 0 Å². The summed E-state index contributed by atoms with van der Waals surface area (Å²) in [6.45, 7) is 4.48. The molecule has 2 rings (SSSR count). The van der Waals surface area contributed by atoms with E-state index in [1.54, 1.807) is 24.3 Å². The molecule has 1 aliphatic heterocycles. The van der Waals surface area contributed by atoms with Gasteiger partial charge in [0.15, 0.2) is 0 Å². The molecular formula is C13H19NO4S. The van der Waals surface area contributed by atoms with Gasteiger partial charge in [0.25, 0.3) is 0 Å². The number of para-hydroxylation sites is 1. The summed E-state index contributed by atoms with van der Waals surface area (Å²) in [5, 5.41) is 0. The topological polar surface area (TPSA) is 55.8 Å². The summed E-state index contributed by atoms with van der Waals surface area (Å²) in [7, 11) is -2.07. The van der Waals surface area contributed by atoms with E-state index in [0.29, 0.717) is 18.8 Å². The molecule has 1 heterocycles. The Morgan fingerprint density at radius 3 is 2.37 bits per heavy atom. The van der Waals surface area contributed by atoms with Crippen LogP contribution in [0.1, 0.15) is 13.8 Å². The van der Waals surface area contributed by atoms with Crippen molar-refractivity contribution in [2.24, 2.45) is 0 Å². The minimum atomic E-state index is -3.54. The third-order valence-electron chi connectivity index (χ3n) is 3.07. The zero-order valence-electron chi connectivity index (χ0n) is 11.4. The summed E-state index contributed by atoms with van der Waals surface area (Å²) in [5.41, 5.74) is 0. The highest BCUT2D eigenvalue weighted by Crippen LogP contribution is 2.28. The van der Waals surface area contributed by atoms with E-state index in [1.807, 2.05) is 13.8 Å². The molecule has 1 saturated heterocycles. The summed E-state index contributed by atoms with van der Waals surface area (Å²) >= 11 is 0. The van der Waals surface area contributed by atoms with Gasteiger partial charge < -0.3 is 9.47 Å². The Morgan fingerprint density at radius 2 is 1.79 bits per heavy atom. The maximum atomic E-state index is 12.6. The number of hydrogen-bond acceptors (Lipinski definition) is 4. The SMILES string of the molecule is COc1ccccc1S(=O)(=O)N1CC(C)OC(C)C1. The van der Waals surface area contributed by atoms with Gasteiger partial charge in [0.05, 0.1) is 19.3 Å². The van der Waals surface area contributed by atoms with E-state index in [4.69, 9.17) is 9.47 Å². The van der Waals surface area contributed by atoms with Crippen LogP contribution in [0.15, 0.2) is 29.2 Å². The van der Waals surface area contributed by atoms with E-state index in [0.717, 1.165) is 0 Å². The van der Waals surface area contributed by atoms with Gasteiger partial charge in [-0.25, -0.2) is 8.42 Å². The molecule has 19 heavy (non-hydrogen) atoms. The normalized spacial score (nSPS) is 25.2. The van der Waals surface area contributed by atoms with Gasteiger partial charge in [-0.05, 0) is 26.0 Å². The first-order chi connectivity index (χ1) is 8.95. The van der Waals surface area contributed by atoms with E-state index in [9.17, 15) is 8.42 Å².